The summed E-state index contributed by atoms with van der Waals surface area (Å²) in [5, 5.41) is 0. The summed E-state index contributed by atoms with van der Waals surface area (Å²) in [5.41, 5.74) is 0. The van der Waals surface area contributed by atoms with Crippen molar-refractivity contribution >= 4 is 45.2 Å². The normalized spacial score (nSPS) is 11.6. The second-order valence-electron chi connectivity index (χ2n) is 2.22. The average molecular weight is 432 g/mol. The first-order chi connectivity index (χ1) is 6.31. The fraction of sp³-hybridized carbons (Fsp3) is 0.143. The summed E-state index contributed by atoms with van der Waals surface area (Å²) in [5.74, 6) is -0.951. The summed E-state index contributed by atoms with van der Waals surface area (Å²) in [6, 6.07) is 1.89. The van der Waals surface area contributed by atoms with E-state index < -0.39 is 12.2 Å². The topological polar surface area (TPSA) is 9.23 Å². The summed E-state index contributed by atoms with van der Waals surface area (Å²) < 4.78 is 52.3. The van der Waals surface area contributed by atoms with Crippen LogP contribution >= 0.6 is 45.2 Å². The molecular weight excluding hydrogens is 430 g/mol. The Bertz CT molecular complexity index is 350. The van der Waals surface area contributed by atoms with Crippen molar-refractivity contribution in [3.05, 3.63) is 25.1 Å². The monoisotopic (exact) mass is 432 g/mol. The van der Waals surface area contributed by atoms with E-state index in [0.29, 0.717) is 0 Å². The Kier molecular flexibility index (Phi) is 3.83. The van der Waals surface area contributed by atoms with Crippen LogP contribution in [-0.4, -0.2) is 6.36 Å². The van der Waals surface area contributed by atoms with Gasteiger partial charge in [-0.15, -0.1) is 13.2 Å². The molecule has 0 heterocycles. The first-order valence-corrected chi connectivity index (χ1v) is 5.36. The highest BCUT2D eigenvalue weighted by Gasteiger charge is 2.32. The number of hydrogen-bond acceptors (Lipinski definition) is 1. The maximum absolute atomic E-state index is 12.8. The van der Waals surface area contributed by atoms with Crippen molar-refractivity contribution in [2.75, 3.05) is 0 Å². The van der Waals surface area contributed by atoms with E-state index in [1.54, 1.807) is 45.2 Å². The molecule has 0 fully saturated rings. The molecule has 0 aliphatic carbocycles. The third-order valence-electron chi connectivity index (χ3n) is 1.23. The maximum atomic E-state index is 12.8. The fourth-order valence-electron chi connectivity index (χ4n) is 0.712. The molecule has 1 nitrogen and oxygen atoms in total. The third-order valence-corrected chi connectivity index (χ3v) is 4.38. The quantitative estimate of drug-likeness (QED) is 0.372. The van der Waals surface area contributed by atoms with Crippen LogP contribution in [0.15, 0.2) is 12.1 Å². The average Bonchev–Trinajstić information content (AvgIpc) is 2.04. The van der Waals surface area contributed by atoms with E-state index in [1.807, 2.05) is 0 Å². The van der Waals surface area contributed by atoms with Gasteiger partial charge in [-0.2, -0.15) is 0 Å². The van der Waals surface area contributed by atoms with Gasteiger partial charge < -0.3 is 4.74 Å². The molecule has 14 heavy (non-hydrogen) atoms. The van der Waals surface area contributed by atoms with Gasteiger partial charge in [-0.25, -0.2) is 4.39 Å². The lowest BCUT2D eigenvalue weighted by Crippen LogP contribution is -2.18. The van der Waals surface area contributed by atoms with E-state index >= 15 is 0 Å². The summed E-state index contributed by atoms with van der Waals surface area (Å²) in [4.78, 5) is 0. The lowest BCUT2D eigenvalue weighted by molar-refractivity contribution is -0.275. The summed E-state index contributed by atoms with van der Waals surface area (Å²) in [6.45, 7) is 0. The van der Waals surface area contributed by atoms with Gasteiger partial charge in [-0.05, 0) is 57.3 Å². The molecule has 1 aromatic carbocycles. The Morgan fingerprint density at radius 2 is 1.64 bits per heavy atom. The predicted octanol–water partition coefficient (Wildman–Crippen LogP) is 3.93. The van der Waals surface area contributed by atoms with Crippen LogP contribution in [0.4, 0.5) is 17.6 Å². The van der Waals surface area contributed by atoms with Gasteiger partial charge in [0.25, 0.3) is 0 Å². The number of rotatable bonds is 1. The molecular formula is C7H2F4I2O. The van der Waals surface area contributed by atoms with Gasteiger partial charge in [0.1, 0.15) is 11.6 Å². The zero-order chi connectivity index (χ0) is 10.9. The van der Waals surface area contributed by atoms with E-state index in [-0.39, 0.29) is 12.9 Å². The van der Waals surface area contributed by atoms with E-state index in [4.69, 9.17) is 0 Å². The first-order valence-electron chi connectivity index (χ1n) is 3.20. The number of halogens is 6. The van der Waals surface area contributed by atoms with Gasteiger partial charge in [-0.3, -0.25) is 0 Å². The van der Waals surface area contributed by atoms with Crippen molar-refractivity contribution in [1.29, 1.82) is 0 Å². The Morgan fingerprint density at radius 1 is 1.07 bits per heavy atom. The van der Waals surface area contributed by atoms with Crippen molar-refractivity contribution in [2.24, 2.45) is 0 Å². The zero-order valence-corrected chi connectivity index (χ0v) is 10.6. The summed E-state index contributed by atoms with van der Waals surface area (Å²) in [7, 11) is 0. The highest BCUT2D eigenvalue weighted by atomic mass is 127. The molecule has 1 rings (SSSR count). The van der Waals surface area contributed by atoms with Crippen LogP contribution in [0.1, 0.15) is 0 Å². The van der Waals surface area contributed by atoms with Gasteiger partial charge >= 0.3 is 6.36 Å². The van der Waals surface area contributed by atoms with E-state index in [1.165, 1.54) is 0 Å². The molecule has 0 N–H and O–H groups in total. The molecule has 0 spiro atoms. The molecule has 0 atom stereocenters. The Balaban J connectivity index is 3.06. The first kappa shape index (κ1) is 12.3. The molecule has 1 aromatic rings. The van der Waals surface area contributed by atoms with Gasteiger partial charge in [0.15, 0.2) is 0 Å². The van der Waals surface area contributed by atoms with Crippen LogP contribution < -0.4 is 4.74 Å². The van der Waals surface area contributed by atoms with E-state index in [0.717, 1.165) is 12.1 Å². The standard InChI is InChI=1S/C7H2F4I2O/c8-3-1-2-4(6(13)5(3)12)14-7(9,10)11/h1-2H. The Labute approximate surface area is 104 Å². The molecule has 0 amide bonds. The second-order valence-corrected chi connectivity index (χ2v) is 4.38. The van der Waals surface area contributed by atoms with Crippen molar-refractivity contribution in [1.82, 2.24) is 0 Å². The highest BCUT2D eigenvalue weighted by Crippen LogP contribution is 2.31. The minimum Gasteiger partial charge on any atom is -0.405 e. The molecule has 7 heteroatoms. The summed E-state index contributed by atoms with van der Waals surface area (Å²) in [6.07, 6.45) is -4.75. The van der Waals surface area contributed by atoms with Crippen molar-refractivity contribution in [3.63, 3.8) is 0 Å². The molecule has 0 aromatic heterocycles. The van der Waals surface area contributed by atoms with Gasteiger partial charge in [0.2, 0.25) is 0 Å². The molecule has 0 aliphatic rings. The molecule has 0 aliphatic heterocycles. The minimum absolute atomic E-state index is 0.112. The Hall–Kier alpha value is 0.200. The maximum Gasteiger partial charge on any atom is 0.573 e. The minimum atomic E-state index is -4.75. The second kappa shape index (κ2) is 4.37. The number of hydrogen-bond donors (Lipinski definition) is 0. The smallest absolute Gasteiger partial charge is 0.405 e. The largest absolute Gasteiger partial charge is 0.573 e. The van der Waals surface area contributed by atoms with Gasteiger partial charge in [-0.1, -0.05) is 0 Å². The fourth-order valence-corrected chi connectivity index (χ4v) is 1.70. The molecule has 0 unspecified atom stereocenters. The molecule has 0 radical (unpaired) electrons. The predicted molar refractivity (Wildman–Crippen MR) is 58.5 cm³/mol. The number of ether oxygens (including phenoxy) is 1. The zero-order valence-electron chi connectivity index (χ0n) is 6.33. The third kappa shape index (κ3) is 3.11. The highest BCUT2D eigenvalue weighted by molar-refractivity contribution is 14.1. The molecule has 0 bridgehead atoms. The lowest BCUT2D eigenvalue weighted by Gasteiger charge is -2.11. The van der Waals surface area contributed by atoms with E-state index in [9.17, 15) is 17.6 Å². The van der Waals surface area contributed by atoms with Crippen LogP contribution in [0.3, 0.4) is 0 Å². The molecule has 78 valence electrons. The summed E-state index contributed by atoms with van der Waals surface area (Å²) >= 11 is 3.21. The molecule has 0 saturated heterocycles. The van der Waals surface area contributed by atoms with Crippen molar-refractivity contribution in [3.8, 4) is 5.75 Å². The van der Waals surface area contributed by atoms with Crippen LogP contribution in [0.2, 0.25) is 0 Å². The van der Waals surface area contributed by atoms with Crippen LogP contribution in [0, 0.1) is 13.0 Å². The van der Waals surface area contributed by atoms with Gasteiger partial charge in [0.05, 0.1) is 7.14 Å². The SMILES string of the molecule is Fc1ccc(OC(F)(F)F)c(I)c1I. The van der Waals surface area contributed by atoms with Crippen molar-refractivity contribution in [2.45, 2.75) is 6.36 Å². The lowest BCUT2D eigenvalue weighted by atomic mass is 10.3. The number of alkyl halides is 3. The van der Waals surface area contributed by atoms with Crippen molar-refractivity contribution < 1.29 is 22.3 Å². The Morgan fingerprint density at radius 3 is 2.14 bits per heavy atom. The van der Waals surface area contributed by atoms with Crippen LogP contribution in [0.5, 0.6) is 5.75 Å². The molecule has 0 saturated carbocycles. The number of benzene rings is 1. The van der Waals surface area contributed by atoms with Crippen LogP contribution in [0.25, 0.3) is 0 Å². The van der Waals surface area contributed by atoms with Gasteiger partial charge in [0, 0.05) is 0 Å². The van der Waals surface area contributed by atoms with Crippen LogP contribution in [-0.2, 0) is 0 Å². The van der Waals surface area contributed by atoms with E-state index in [2.05, 4.69) is 4.74 Å².